The lowest BCUT2D eigenvalue weighted by molar-refractivity contribution is 0.0879. The minimum Gasteiger partial charge on any atom is -0.508 e. The Morgan fingerprint density at radius 3 is 2.57 bits per heavy atom. The first kappa shape index (κ1) is 13.2. The molecule has 2 aromatic rings. The largest absolute Gasteiger partial charge is 0.508 e. The van der Waals surface area contributed by atoms with Crippen LogP contribution in [-0.2, 0) is 0 Å². The quantitative estimate of drug-likeness (QED) is 0.756. The van der Waals surface area contributed by atoms with E-state index in [4.69, 9.17) is 0 Å². The summed E-state index contributed by atoms with van der Waals surface area (Å²) in [5.74, 6) is -0.522. The van der Waals surface area contributed by atoms with Gasteiger partial charge >= 0.3 is 0 Å². The van der Waals surface area contributed by atoms with Crippen molar-refractivity contribution in [1.82, 2.24) is 5.32 Å². The predicted molar refractivity (Wildman–Crippen MR) is 78.4 cm³/mol. The van der Waals surface area contributed by atoms with E-state index < -0.39 is 0 Å². The molecule has 2 amide bonds. The van der Waals surface area contributed by atoms with Crippen molar-refractivity contribution in [2.24, 2.45) is 0 Å². The van der Waals surface area contributed by atoms with Gasteiger partial charge in [-0.3, -0.25) is 14.9 Å². The zero-order valence-electron chi connectivity index (χ0n) is 11.4. The van der Waals surface area contributed by atoms with Crippen LogP contribution >= 0.6 is 0 Å². The monoisotopic (exact) mass is 282 g/mol. The second kappa shape index (κ2) is 4.94. The Morgan fingerprint density at radius 2 is 1.81 bits per heavy atom. The number of phenolic OH excluding ortho intramolecular Hbond substituents is 1. The maximum Gasteiger partial charge on any atom is 0.259 e. The molecule has 0 fully saturated rings. The third-order valence-electron chi connectivity index (χ3n) is 3.49. The number of anilines is 1. The minimum atomic E-state index is -0.372. The second-order valence-electron chi connectivity index (χ2n) is 5.00. The summed E-state index contributed by atoms with van der Waals surface area (Å²) >= 11 is 0. The average Bonchev–Trinajstić information content (AvgIpc) is 2.74. The van der Waals surface area contributed by atoms with E-state index >= 15 is 0 Å². The molecule has 0 saturated carbocycles. The lowest BCUT2D eigenvalue weighted by atomic mass is 10.1. The lowest BCUT2D eigenvalue weighted by Crippen LogP contribution is -2.19. The van der Waals surface area contributed by atoms with Gasteiger partial charge in [0.25, 0.3) is 11.8 Å². The Kier molecular flexibility index (Phi) is 3.10. The van der Waals surface area contributed by atoms with E-state index in [2.05, 4.69) is 10.6 Å². The van der Waals surface area contributed by atoms with Crippen molar-refractivity contribution >= 4 is 17.5 Å². The highest BCUT2D eigenvalue weighted by molar-refractivity contribution is 6.21. The van der Waals surface area contributed by atoms with Gasteiger partial charge in [-0.2, -0.15) is 0 Å². The molecule has 3 N–H and O–H groups in total. The van der Waals surface area contributed by atoms with E-state index in [1.807, 2.05) is 13.0 Å². The molecule has 1 heterocycles. The maximum atomic E-state index is 11.6. The van der Waals surface area contributed by atoms with Crippen LogP contribution in [0.25, 0.3) is 0 Å². The summed E-state index contributed by atoms with van der Waals surface area (Å²) in [6.45, 7) is 1.95. The third-order valence-corrected chi connectivity index (χ3v) is 3.49. The first-order valence-corrected chi connectivity index (χ1v) is 6.60. The molecule has 3 rings (SSSR count). The first-order chi connectivity index (χ1) is 10.0. The molecule has 0 aromatic heterocycles. The number of rotatable bonds is 3. The number of aromatic hydroxyl groups is 1. The van der Waals surface area contributed by atoms with Gasteiger partial charge in [-0.05, 0) is 42.8 Å². The molecule has 0 saturated heterocycles. The van der Waals surface area contributed by atoms with E-state index in [-0.39, 0.29) is 23.6 Å². The van der Waals surface area contributed by atoms with Gasteiger partial charge in [0.1, 0.15) is 5.75 Å². The van der Waals surface area contributed by atoms with Crippen LogP contribution in [0.15, 0.2) is 42.5 Å². The number of hydrogen-bond acceptors (Lipinski definition) is 4. The van der Waals surface area contributed by atoms with Crippen LogP contribution in [0, 0.1) is 0 Å². The number of fused-ring (bicyclic) bond motifs is 1. The number of hydrogen-bond donors (Lipinski definition) is 3. The van der Waals surface area contributed by atoms with Gasteiger partial charge in [0.2, 0.25) is 0 Å². The molecule has 5 heteroatoms. The van der Waals surface area contributed by atoms with Crippen molar-refractivity contribution in [3.63, 3.8) is 0 Å². The molecule has 0 spiro atoms. The summed E-state index contributed by atoms with van der Waals surface area (Å²) in [5, 5.41) is 15.0. The second-order valence-corrected chi connectivity index (χ2v) is 5.00. The number of nitrogens with one attached hydrogen (secondary N) is 2. The first-order valence-electron chi connectivity index (χ1n) is 6.60. The highest BCUT2D eigenvalue weighted by Gasteiger charge is 2.26. The van der Waals surface area contributed by atoms with Gasteiger partial charge in [-0.25, -0.2) is 0 Å². The molecule has 0 bridgehead atoms. The van der Waals surface area contributed by atoms with E-state index in [0.717, 1.165) is 11.3 Å². The van der Waals surface area contributed by atoms with Crippen molar-refractivity contribution in [1.29, 1.82) is 0 Å². The molecule has 5 nitrogen and oxygen atoms in total. The predicted octanol–water partition coefficient (Wildman–Crippen LogP) is 2.45. The van der Waals surface area contributed by atoms with Crippen LogP contribution in [-0.4, -0.2) is 16.9 Å². The average molecular weight is 282 g/mol. The Labute approximate surface area is 121 Å². The third kappa shape index (κ3) is 2.45. The lowest BCUT2D eigenvalue weighted by Gasteiger charge is -2.16. The van der Waals surface area contributed by atoms with E-state index in [1.54, 1.807) is 36.4 Å². The van der Waals surface area contributed by atoms with Crippen molar-refractivity contribution < 1.29 is 14.7 Å². The highest BCUT2D eigenvalue weighted by Crippen LogP contribution is 2.25. The Balaban J connectivity index is 1.84. The van der Waals surface area contributed by atoms with Crippen LogP contribution in [0.3, 0.4) is 0 Å². The maximum absolute atomic E-state index is 11.6. The topological polar surface area (TPSA) is 78.4 Å². The molecule has 0 radical (unpaired) electrons. The summed E-state index contributed by atoms with van der Waals surface area (Å²) in [6, 6.07) is 12.0. The number of carbonyl (C=O) groups is 2. The zero-order chi connectivity index (χ0) is 15.0. The van der Waals surface area contributed by atoms with Crippen LogP contribution in [0.2, 0.25) is 0 Å². The fourth-order valence-corrected chi connectivity index (χ4v) is 2.39. The Hall–Kier alpha value is -2.82. The Morgan fingerprint density at radius 1 is 1.05 bits per heavy atom. The van der Waals surface area contributed by atoms with Gasteiger partial charge in [0.15, 0.2) is 0 Å². The van der Waals surface area contributed by atoms with Crippen LogP contribution in [0.5, 0.6) is 5.75 Å². The van der Waals surface area contributed by atoms with Gasteiger partial charge in [-0.15, -0.1) is 0 Å². The van der Waals surface area contributed by atoms with E-state index in [1.165, 1.54) is 0 Å². The molecule has 106 valence electrons. The molecule has 1 atom stereocenters. The molecular formula is C16H14N2O3. The molecule has 2 aromatic carbocycles. The number of carbonyl (C=O) groups excluding carboxylic acids is 2. The fraction of sp³-hybridized carbons (Fsp3) is 0.125. The number of phenols is 1. The van der Waals surface area contributed by atoms with Crippen molar-refractivity contribution in [3.05, 3.63) is 59.2 Å². The van der Waals surface area contributed by atoms with Crippen molar-refractivity contribution in [3.8, 4) is 5.75 Å². The number of benzene rings is 2. The van der Waals surface area contributed by atoms with Gasteiger partial charge in [0, 0.05) is 11.7 Å². The number of imide groups is 1. The Bertz CT molecular complexity index is 740. The molecule has 1 aliphatic rings. The van der Waals surface area contributed by atoms with Crippen molar-refractivity contribution in [2.75, 3.05) is 5.32 Å². The molecule has 0 aliphatic carbocycles. The van der Waals surface area contributed by atoms with Gasteiger partial charge in [-0.1, -0.05) is 12.1 Å². The van der Waals surface area contributed by atoms with Crippen molar-refractivity contribution in [2.45, 2.75) is 13.0 Å². The fourth-order valence-electron chi connectivity index (χ4n) is 2.39. The molecular weight excluding hydrogens is 268 g/mol. The molecule has 21 heavy (non-hydrogen) atoms. The zero-order valence-corrected chi connectivity index (χ0v) is 11.4. The summed E-state index contributed by atoms with van der Waals surface area (Å²) in [4.78, 5) is 23.1. The normalized spacial score (nSPS) is 14.5. The van der Waals surface area contributed by atoms with Gasteiger partial charge in [0.05, 0.1) is 11.1 Å². The minimum absolute atomic E-state index is 0.0460. The number of amides is 2. The summed E-state index contributed by atoms with van der Waals surface area (Å²) < 4.78 is 0. The summed E-state index contributed by atoms with van der Waals surface area (Å²) in [5.41, 5.74) is 2.45. The smallest absolute Gasteiger partial charge is 0.259 e. The molecule has 1 aliphatic heterocycles. The SMILES string of the molecule is CC(Nc1ccc2c(c1)C(=O)NC2=O)c1cccc(O)c1. The summed E-state index contributed by atoms with van der Waals surface area (Å²) in [7, 11) is 0. The molecule has 1 unspecified atom stereocenters. The van der Waals surface area contributed by atoms with E-state index in [0.29, 0.717) is 11.1 Å². The van der Waals surface area contributed by atoms with Crippen LogP contribution < -0.4 is 10.6 Å². The van der Waals surface area contributed by atoms with E-state index in [9.17, 15) is 14.7 Å². The highest BCUT2D eigenvalue weighted by atomic mass is 16.3. The van der Waals surface area contributed by atoms with Crippen LogP contribution in [0.4, 0.5) is 5.69 Å². The van der Waals surface area contributed by atoms with Gasteiger partial charge < -0.3 is 10.4 Å². The van der Waals surface area contributed by atoms with Crippen LogP contribution in [0.1, 0.15) is 39.2 Å². The summed E-state index contributed by atoms with van der Waals surface area (Å²) in [6.07, 6.45) is 0. The standard InChI is InChI=1S/C16H14N2O3/c1-9(10-3-2-4-12(19)7-10)17-11-5-6-13-14(8-11)16(21)18-15(13)20/h2-9,17,19H,1H3,(H,18,20,21).